The highest BCUT2D eigenvalue weighted by atomic mass is 32.2. The lowest BCUT2D eigenvalue weighted by Crippen LogP contribution is -1.98. The molecule has 1 atom stereocenters. The number of carbonyl (C=O) groups is 1. The molecule has 2 heterocycles. The fourth-order valence-corrected chi connectivity index (χ4v) is 3.13. The van der Waals surface area contributed by atoms with Crippen LogP contribution in [0.1, 0.15) is 41.0 Å². The number of aromatic nitrogens is 3. The molecule has 0 saturated carbocycles. The summed E-state index contributed by atoms with van der Waals surface area (Å²) >= 11 is 1.45. The van der Waals surface area contributed by atoms with Crippen LogP contribution in [0.3, 0.4) is 0 Å². The zero-order chi connectivity index (χ0) is 17.8. The molecule has 0 aliphatic heterocycles. The van der Waals surface area contributed by atoms with Crippen molar-refractivity contribution in [2.75, 3.05) is 7.11 Å². The van der Waals surface area contributed by atoms with Crippen LogP contribution < -0.4 is 0 Å². The van der Waals surface area contributed by atoms with Crippen molar-refractivity contribution >= 4 is 17.7 Å². The van der Waals surface area contributed by atoms with Crippen LogP contribution in [0.2, 0.25) is 0 Å². The van der Waals surface area contributed by atoms with Gasteiger partial charge in [-0.25, -0.2) is 9.78 Å². The Balaban J connectivity index is 1.69. The van der Waals surface area contributed by atoms with E-state index in [1.54, 1.807) is 12.1 Å². The number of hydrogen-bond donors (Lipinski definition) is 1. The molecule has 2 aromatic heterocycles. The van der Waals surface area contributed by atoms with E-state index >= 15 is 0 Å². The topological polar surface area (TPSA) is 81.0 Å². The molecule has 0 radical (unpaired) electrons. The Kier molecular flexibility index (Phi) is 5.23. The number of thioether (sulfide) groups is 1. The Morgan fingerprint density at radius 2 is 2.04 bits per heavy atom. The Labute approximate surface area is 150 Å². The first-order chi connectivity index (χ1) is 12.1. The number of aromatic amines is 1. The van der Waals surface area contributed by atoms with Crippen LogP contribution in [0.4, 0.5) is 0 Å². The molecule has 6 nitrogen and oxygen atoms in total. The molecule has 0 saturated heterocycles. The number of nitrogens with zero attached hydrogens (tertiary/aromatic N) is 2. The maximum Gasteiger partial charge on any atom is 0.373 e. The Morgan fingerprint density at radius 1 is 1.28 bits per heavy atom. The molecule has 25 heavy (non-hydrogen) atoms. The van der Waals surface area contributed by atoms with E-state index in [0.29, 0.717) is 10.9 Å². The molecule has 3 rings (SSSR count). The largest absolute Gasteiger partial charge is 0.463 e. The number of carbonyl (C=O) groups excluding carboxylic acids is 1. The van der Waals surface area contributed by atoms with Gasteiger partial charge in [-0.2, -0.15) is 0 Å². The molecule has 1 aromatic carbocycles. The Bertz CT molecular complexity index is 855. The van der Waals surface area contributed by atoms with Crippen LogP contribution in [-0.2, 0) is 11.2 Å². The second-order valence-corrected chi connectivity index (χ2v) is 6.78. The van der Waals surface area contributed by atoms with Gasteiger partial charge in [0, 0.05) is 5.56 Å². The molecule has 0 fully saturated rings. The number of aryl methyl sites for hydroxylation is 1. The minimum atomic E-state index is -0.487. The van der Waals surface area contributed by atoms with Crippen LogP contribution in [-0.4, -0.2) is 28.3 Å². The standard InChI is InChI=1S/C18H19N3O3S/c1-4-12-5-7-13(8-6-12)16-19-18(21-20-16)25-11(2)14-9-10-15(24-14)17(22)23-3/h5-11H,4H2,1-3H3,(H,19,20,21). The molecule has 0 spiro atoms. The second-order valence-electron chi connectivity index (χ2n) is 5.47. The average Bonchev–Trinajstić information content (AvgIpc) is 3.31. The normalized spacial score (nSPS) is 12.1. The summed E-state index contributed by atoms with van der Waals surface area (Å²) in [6.45, 7) is 4.09. The third-order valence-electron chi connectivity index (χ3n) is 3.80. The van der Waals surface area contributed by atoms with Crippen molar-refractivity contribution < 1.29 is 13.9 Å². The van der Waals surface area contributed by atoms with Crippen molar-refractivity contribution in [2.45, 2.75) is 30.7 Å². The molecule has 7 heteroatoms. The van der Waals surface area contributed by atoms with E-state index in [2.05, 4.69) is 39.0 Å². The SMILES string of the molecule is CCc1ccc(-c2nc(SC(C)c3ccc(C(=O)OC)o3)n[nH]2)cc1. The van der Waals surface area contributed by atoms with Crippen LogP contribution >= 0.6 is 11.8 Å². The summed E-state index contributed by atoms with van der Waals surface area (Å²) in [5.74, 6) is 1.10. The van der Waals surface area contributed by atoms with Crippen molar-refractivity contribution in [3.8, 4) is 11.4 Å². The molecular formula is C18H19N3O3S. The Morgan fingerprint density at radius 3 is 2.72 bits per heavy atom. The number of methoxy groups -OCH3 is 1. The third kappa shape index (κ3) is 3.93. The number of rotatable bonds is 6. The summed E-state index contributed by atoms with van der Waals surface area (Å²) in [4.78, 5) is 16.0. The van der Waals surface area contributed by atoms with E-state index in [1.165, 1.54) is 24.4 Å². The number of nitrogens with one attached hydrogen (secondary N) is 1. The summed E-state index contributed by atoms with van der Waals surface area (Å²) in [6.07, 6.45) is 1.01. The van der Waals surface area contributed by atoms with Gasteiger partial charge in [-0.1, -0.05) is 43.0 Å². The molecule has 0 bridgehead atoms. The van der Waals surface area contributed by atoms with Crippen LogP contribution in [0.15, 0.2) is 46.0 Å². The first-order valence-electron chi connectivity index (χ1n) is 7.97. The number of benzene rings is 1. The predicted molar refractivity (Wildman–Crippen MR) is 95.5 cm³/mol. The highest BCUT2D eigenvalue weighted by Crippen LogP contribution is 2.34. The van der Waals surface area contributed by atoms with E-state index in [-0.39, 0.29) is 11.0 Å². The number of furan rings is 1. The van der Waals surface area contributed by atoms with E-state index in [1.807, 2.05) is 19.1 Å². The maximum atomic E-state index is 11.5. The van der Waals surface area contributed by atoms with Crippen LogP contribution in [0.5, 0.6) is 0 Å². The Hall–Kier alpha value is -2.54. The lowest BCUT2D eigenvalue weighted by Gasteiger charge is -2.04. The molecule has 1 N–H and O–H groups in total. The van der Waals surface area contributed by atoms with Crippen LogP contribution in [0.25, 0.3) is 11.4 Å². The summed E-state index contributed by atoms with van der Waals surface area (Å²) in [5, 5.41) is 7.80. The van der Waals surface area contributed by atoms with Crippen molar-refractivity contribution in [2.24, 2.45) is 0 Å². The zero-order valence-electron chi connectivity index (χ0n) is 14.3. The minimum absolute atomic E-state index is 0.0375. The molecular weight excluding hydrogens is 338 g/mol. The summed E-state index contributed by atoms with van der Waals surface area (Å²) in [6, 6.07) is 11.6. The predicted octanol–water partition coefficient (Wildman–Crippen LogP) is 4.27. The van der Waals surface area contributed by atoms with E-state index < -0.39 is 5.97 Å². The lowest BCUT2D eigenvalue weighted by molar-refractivity contribution is 0.0563. The lowest BCUT2D eigenvalue weighted by atomic mass is 10.1. The maximum absolute atomic E-state index is 11.5. The van der Waals surface area contributed by atoms with Gasteiger partial charge in [0.1, 0.15) is 5.76 Å². The number of esters is 1. The van der Waals surface area contributed by atoms with Gasteiger partial charge in [0.05, 0.1) is 12.4 Å². The monoisotopic (exact) mass is 357 g/mol. The third-order valence-corrected chi connectivity index (χ3v) is 4.78. The summed E-state index contributed by atoms with van der Waals surface area (Å²) in [7, 11) is 1.32. The highest BCUT2D eigenvalue weighted by molar-refractivity contribution is 7.99. The first kappa shape index (κ1) is 17.3. The van der Waals surface area contributed by atoms with E-state index in [9.17, 15) is 4.79 Å². The summed E-state index contributed by atoms with van der Waals surface area (Å²) < 4.78 is 10.2. The quantitative estimate of drug-likeness (QED) is 0.524. The van der Waals surface area contributed by atoms with Gasteiger partial charge in [0.25, 0.3) is 0 Å². The van der Waals surface area contributed by atoms with Crippen molar-refractivity contribution in [3.05, 3.63) is 53.5 Å². The van der Waals surface area contributed by atoms with Gasteiger partial charge < -0.3 is 9.15 Å². The van der Waals surface area contributed by atoms with E-state index in [0.717, 1.165) is 17.8 Å². The van der Waals surface area contributed by atoms with Crippen molar-refractivity contribution in [1.29, 1.82) is 0 Å². The number of H-pyrrole nitrogens is 1. The van der Waals surface area contributed by atoms with Crippen molar-refractivity contribution in [1.82, 2.24) is 15.2 Å². The molecule has 130 valence electrons. The van der Waals surface area contributed by atoms with Gasteiger partial charge in [-0.05, 0) is 31.0 Å². The minimum Gasteiger partial charge on any atom is -0.463 e. The van der Waals surface area contributed by atoms with Gasteiger partial charge in [0.15, 0.2) is 5.82 Å². The number of ether oxygens (including phenoxy) is 1. The van der Waals surface area contributed by atoms with Gasteiger partial charge >= 0.3 is 5.97 Å². The van der Waals surface area contributed by atoms with E-state index in [4.69, 9.17) is 4.42 Å². The zero-order valence-corrected chi connectivity index (χ0v) is 15.1. The van der Waals surface area contributed by atoms with Crippen LogP contribution in [0, 0.1) is 0 Å². The molecule has 0 aliphatic rings. The molecule has 0 aliphatic carbocycles. The smallest absolute Gasteiger partial charge is 0.373 e. The highest BCUT2D eigenvalue weighted by Gasteiger charge is 2.18. The van der Waals surface area contributed by atoms with Gasteiger partial charge in [-0.15, -0.1) is 5.10 Å². The fraction of sp³-hybridized carbons (Fsp3) is 0.278. The van der Waals surface area contributed by atoms with Gasteiger partial charge in [0.2, 0.25) is 10.9 Å². The van der Waals surface area contributed by atoms with Crippen molar-refractivity contribution in [3.63, 3.8) is 0 Å². The second kappa shape index (κ2) is 7.57. The van der Waals surface area contributed by atoms with Gasteiger partial charge in [-0.3, -0.25) is 5.10 Å². The summed E-state index contributed by atoms with van der Waals surface area (Å²) in [5.41, 5.74) is 2.28. The first-order valence-corrected chi connectivity index (χ1v) is 8.85. The average molecular weight is 357 g/mol. The molecule has 1 unspecified atom stereocenters. The fourth-order valence-electron chi connectivity index (χ4n) is 2.32. The number of hydrogen-bond acceptors (Lipinski definition) is 6. The molecule has 0 amide bonds. The molecule has 3 aromatic rings.